The number of carbonyl (C=O) groups is 2. The van der Waals surface area contributed by atoms with Crippen LogP contribution in [0, 0.1) is 13.8 Å². The fourth-order valence-corrected chi connectivity index (χ4v) is 4.48. The van der Waals surface area contributed by atoms with Gasteiger partial charge < -0.3 is 24.2 Å². The minimum Gasteiger partial charge on any atom is -0.490 e. The topological polar surface area (TPSA) is 107 Å². The highest BCUT2D eigenvalue weighted by Gasteiger charge is 2.20. The maximum absolute atomic E-state index is 13.1. The van der Waals surface area contributed by atoms with Gasteiger partial charge in [0.15, 0.2) is 11.5 Å². The predicted octanol–water partition coefficient (Wildman–Crippen LogP) is 4.49. The zero-order valence-corrected chi connectivity index (χ0v) is 21.4. The Morgan fingerprint density at radius 1 is 1.11 bits per heavy atom. The smallest absolute Gasteiger partial charge is 0.256 e. The van der Waals surface area contributed by atoms with Crippen molar-refractivity contribution in [3.8, 4) is 11.5 Å². The molecule has 0 spiro atoms. The number of aryl methyl sites for hydroxylation is 2. The third kappa shape index (κ3) is 6.75. The van der Waals surface area contributed by atoms with Crippen LogP contribution < -0.4 is 14.8 Å². The quantitative estimate of drug-likeness (QED) is 0.386. The lowest BCUT2D eigenvalue weighted by Crippen LogP contribution is -2.35. The third-order valence-corrected chi connectivity index (χ3v) is 6.12. The van der Waals surface area contributed by atoms with Crippen molar-refractivity contribution in [2.24, 2.45) is 0 Å². The first-order chi connectivity index (χ1) is 16.8. The Morgan fingerprint density at radius 3 is 2.54 bits per heavy atom. The molecule has 186 valence electrons. The number of nitrogens with one attached hydrogen (secondary N) is 1. The molecule has 0 atom stereocenters. The molecule has 0 unspecified atom stereocenters. The number of likely N-dealkylation sites (N-methyl/N-ethyl adjacent to an activating group) is 1. The number of rotatable bonds is 11. The molecule has 9 nitrogen and oxygen atoms in total. The Hall–Kier alpha value is -3.53. The van der Waals surface area contributed by atoms with Crippen molar-refractivity contribution in [2.75, 3.05) is 32.1 Å². The number of carbonyl (C=O) groups excluding carboxylic acids is 2. The maximum Gasteiger partial charge on any atom is 0.256 e. The van der Waals surface area contributed by atoms with Gasteiger partial charge in [-0.05, 0) is 52.0 Å². The first kappa shape index (κ1) is 26.1. The monoisotopic (exact) mass is 498 g/mol. The van der Waals surface area contributed by atoms with Crippen molar-refractivity contribution >= 4 is 29.3 Å². The highest BCUT2D eigenvalue weighted by atomic mass is 32.2. The van der Waals surface area contributed by atoms with Crippen LogP contribution >= 0.6 is 11.8 Å². The number of amides is 2. The molecule has 1 aromatic carbocycles. The number of nitrogens with zero attached hydrogens (tertiary/aromatic N) is 3. The Kier molecular flexibility index (Phi) is 9.13. The molecule has 0 aliphatic carbocycles. The molecule has 3 rings (SSSR count). The zero-order valence-electron chi connectivity index (χ0n) is 20.6. The van der Waals surface area contributed by atoms with Crippen molar-refractivity contribution in [1.82, 2.24) is 15.0 Å². The average Bonchev–Trinajstić information content (AvgIpc) is 3.16. The highest BCUT2D eigenvalue weighted by Crippen LogP contribution is 2.31. The van der Waals surface area contributed by atoms with Gasteiger partial charge in [0.2, 0.25) is 5.91 Å². The molecule has 35 heavy (non-hydrogen) atoms. The van der Waals surface area contributed by atoms with E-state index in [4.69, 9.17) is 14.0 Å². The summed E-state index contributed by atoms with van der Waals surface area (Å²) in [5.41, 5.74) is 2.78. The van der Waals surface area contributed by atoms with E-state index in [1.165, 1.54) is 16.7 Å². The van der Waals surface area contributed by atoms with E-state index in [1.54, 1.807) is 43.6 Å². The van der Waals surface area contributed by atoms with Crippen LogP contribution in [0.5, 0.6) is 11.5 Å². The molecule has 0 radical (unpaired) electrons. The summed E-state index contributed by atoms with van der Waals surface area (Å²) >= 11 is 1.43. The van der Waals surface area contributed by atoms with Crippen molar-refractivity contribution in [3.05, 3.63) is 59.1 Å². The molecule has 2 amide bonds. The van der Waals surface area contributed by atoms with Crippen molar-refractivity contribution < 1.29 is 23.6 Å². The second kappa shape index (κ2) is 12.3. The molecule has 0 saturated carbocycles. The average molecular weight is 499 g/mol. The van der Waals surface area contributed by atoms with Gasteiger partial charge >= 0.3 is 0 Å². The van der Waals surface area contributed by atoms with Crippen LogP contribution in [0.15, 0.2) is 46.1 Å². The summed E-state index contributed by atoms with van der Waals surface area (Å²) in [5, 5.41) is 7.36. The van der Waals surface area contributed by atoms with Crippen LogP contribution in [-0.2, 0) is 10.5 Å². The van der Waals surface area contributed by atoms with E-state index in [2.05, 4.69) is 15.5 Å². The van der Waals surface area contributed by atoms with Gasteiger partial charge in [-0.1, -0.05) is 5.16 Å². The lowest BCUT2D eigenvalue weighted by Gasteiger charge is -2.18. The van der Waals surface area contributed by atoms with E-state index in [1.807, 2.05) is 27.7 Å². The number of anilines is 1. The number of ether oxygens (including phenoxy) is 2. The Balaban J connectivity index is 1.65. The second-order valence-corrected chi connectivity index (χ2v) is 8.65. The molecule has 0 aliphatic heterocycles. The molecule has 0 saturated heterocycles. The second-order valence-electron chi connectivity index (χ2n) is 7.68. The summed E-state index contributed by atoms with van der Waals surface area (Å²) in [6.07, 6.45) is 1.64. The molecular weight excluding hydrogens is 468 g/mol. The van der Waals surface area contributed by atoms with Gasteiger partial charge in [-0.15, -0.1) is 11.8 Å². The number of hydrogen-bond donors (Lipinski definition) is 1. The fraction of sp³-hybridized carbons (Fsp3) is 0.360. The molecule has 2 aromatic heterocycles. The Labute approximate surface area is 209 Å². The Morgan fingerprint density at radius 2 is 1.86 bits per heavy atom. The van der Waals surface area contributed by atoms with Crippen LogP contribution in [-0.4, -0.2) is 53.7 Å². The maximum atomic E-state index is 13.1. The van der Waals surface area contributed by atoms with Gasteiger partial charge in [0.05, 0.1) is 31.0 Å². The summed E-state index contributed by atoms with van der Waals surface area (Å²) in [7, 11) is 1.58. The number of pyridine rings is 1. The molecule has 0 bridgehead atoms. The summed E-state index contributed by atoms with van der Waals surface area (Å²) in [5.74, 6) is 1.85. The number of aromatic nitrogens is 2. The van der Waals surface area contributed by atoms with Gasteiger partial charge in [0.25, 0.3) is 5.91 Å². The first-order valence-electron chi connectivity index (χ1n) is 11.3. The molecule has 0 aliphatic rings. The molecule has 0 fully saturated rings. The van der Waals surface area contributed by atoms with Gasteiger partial charge in [-0.2, -0.15) is 0 Å². The normalized spacial score (nSPS) is 10.7. The molecule has 3 aromatic rings. The van der Waals surface area contributed by atoms with E-state index >= 15 is 0 Å². The van der Waals surface area contributed by atoms with Gasteiger partial charge in [0, 0.05) is 36.3 Å². The molecular formula is C25H30N4O5S. The van der Waals surface area contributed by atoms with Crippen LogP contribution in [0.1, 0.15) is 41.2 Å². The van der Waals surface area contributed by atoms with Gasteiger partial charge in [-0.3, -0.25) is 9.59 Å². The summed E-state index contributed by atoms with van der Waals surface area (Å²) in [6.45, 7) is 8.35. The molecule has 10 heteroatoms. The number of hydrogen-bond acceptors (Lipinski definition) is 8. The Bertz CT molecular complexity index is 1160. The molecule has 1 N–H and O–H groups in total. The predicted molar refractivity (Wildman–Crippen MR) is 134 cm³/mol. The van der Waals surface area contributed by atoms with E-state index in [9.17, 15) is 9.59 Å². The van der Waals surface area contributed by atoms with Crippen LogP contribution in [0.2, 0.25) is 0 Å². The number of thioether (sulfide) groups is 1. The van der Waals surface area contributed by atoms with Gasteiger partial charge in [0.1, 0.15) is 10.8 Å². The minimum atomic E-state index is -0.332. The van der Waals surface area contributed by atoms with Crippen molar-refractivity contribution in [2.45, 2.75) is 38.5 Å². The van der Waals surface area contributed by atoms with Crippen LogP contribution in [0.3, 0.4) is 0 Å². The van der Waals surface area contributed by atoms with Crippen LogP contribution in [0.4, 0.5) is 5.69 Å². The summed E-state index contributed by atoms with van der Waals surface area (Å²) in [6, 6.07) is 8.60. The zero-order chi connectivity index (χ0) is 25.4. The highest BCUT2D eigenvalue weighted by molar-refractivity contribution is 7.98. The lowest BCUT2D eigenvalue weighted by molar-refractivity contribution is -0.116. The van der Waals surface area contributed by atoms with E-state index in [0.717, 1.165) is 17.0 Å². The SMILES string of the molecule is CCOc1ccc(NC(=O)CN(C)C(=O)c2cccnc2SCc2c(C)noc2C)cc1OCC. The summed E-state index contributed by atoms with van der Waals surface area (Å²) < 4.78 is 16.4. The number of benzene rings is 1. The molecule has 2 heterocycles. The van der Waals surface area contributed by atoms with Gasteiger partial charge in [-0.25, -0.2) is 4.98 Å². The van der Waals surface area contributed by atoms with E-state index in [-0.39, 0.29) is 18.4 Å². The minimum absolute atomic E-state index is 0.126. The van der Waals surface area contributed by atoms with Crippen molar-refractivity contribution in [1.29, 1.82) is 0 Å². The van der Waals surface area contributed by atoms with Crippen LogP contribution in [0.25, 0.3) is 0 Å². The standard InChI is InChI=1S/C25H30N4O5S/c1-6-32-21-11-10-18(13-22(21)33-7-2)27-23(30)14-29(5)25(31)19-9-8-12-26-24(19)35-15-20-16(3)28-34-17(20)4/h8-13H,6-7,14-15H2,1-5H3,(H,27,30). The largest absolute Gasteiger partial charge is 0.490 e. The lowest BCUT2D eigenvalue weighted by atomic mass is 10.2. The first-order valence-corrected chi connectivity index (χ1v) is 12.3. The van der Waals surface area contributed by atoms with E-state index < -0.39 is 0 Å². The third-order valence-electron chi connectivity index (χ3n) is 5.09. The summed E-state index contributed by atoms with van der Waals surface area (Å²) in [4.78, 5) is 31.5. The van der Waals surface area contributed by atoms with Crippen molar-refractivity contribution in [3.63, 3.8) is 0 Å². The fourth-order valence-electron chi connectivity index (χ4n) is 3.34. The van der Waals surface area contributed by atoms with E-state index in [0.29, 0.717) is 46.7 Å².